The van der Waals surface area contributed by atoms with E-state index in [0.717, 1.165) is 23.9 Å². The van der Waals surface area contributed by atoms with Crippen LogP contribution in [0, 0.1) is 17.0 Å². The summed E-state index contributed by atoms with van der Waals surface area (Å²) in [6.45, 7) is 1.56. The van der Waals surface area contributed by atoms with Crippen LogP contribution in [-0.2, 0) is 0 Å². The number of hydrogen-bond acceptors (Lipinski definition) is 8. The third kappa shape index (κ3) is 2.85. The zero-order valence-electron chi connectivity index (χ0n) is 9.43. The summed E-state index contributed by atoms with van der Waals surface area (Å²) in [5, 5.41) is 26.8. The molecule has 9 nitrogen and oxygen atoms in total. The van der Waals surface area contributed by atoms with Crippen molar-refractivity contribution in [3.05, 3.63) is 33.8 Å². The van der Waals surface area contributed by atoms with Crippen molar-refractivity contribution in [3.8, 4) is 0 Å². The Morgan fingerprint density at radius 2 is 2.21 bits per heavy atom. The van der Waals surface area contributed by atoms with Crippen molar-refractivity contribution in [1.82, 2.24) is 15.2 Å². The van der Waals surface area contributed by atoms with E-state index >= 15 is 0 Å². The number of aromatic carboxylic acids is 1. The molecule has 0 aliphatic rings. The van der Waals surface area contributed by atoms with Gasteiger partial charge in [-0.05, 0) is 17.8 Å². The SMILES string of the molecule is Cc1nnc(Sc2nc(C(=O)O)ccc2[N+](=O)[O-])o1. The van der Waals surface area contributed by atoms with Gasteiger partial charge in [0.05, 0.1) is 4.92 Å². The van der Waals surface area contributed by atoms with E-state index in [4.69, 9.17) is 9.52 Å². The number of aromatic nitrogens is 3. The van der Waals surface area contributed by atoms with Crippen molar-refractivity contribution in [2.24, 2.45) is 0 Å². The monoisotopic (exact) mass is 282 g/mol. The number of nitro groups is 1. The summed E-state index contributed by atoms with van der Waals surface area (Å²) in [6.07, 6.45) is 0. The summed E-state index contributed by atoms with van der Waals surface area (Å²) in [4.78, 5) is 24.7. The number of nitrogens with zero attached hydrogens (tertiary/aromatic N) is 4. The zero-order chi connectivity index (χ0) is 14.0. The predicted molar refractivity (Wildman–Crippen MR) is 61.0 cm³/mol. The second kappa shape index (κ2) is 5.02. The normalized spacial score (nSPS) is 10.4. The maximum Gasteiger partial charge on any atom is 0.354 e. The third-order valence-electron chi connectivity index (χ3n) is 1.95. The molecule has 10 heteroatoms. The average molecular weight is 282 g/mol. The molecule has 0 spiro atoms. The van der Waals surface area contributed by atoms with Crippen molar-refractivity contribution in [3.63, 3.8) is 0 Å². The molecule has 0 bridgehead atoms. The highest BCUT2D eigenvalue weighted by atomic mass is 32.2. The minimum atomic E-state index is -1.28. The van der Waals surface area contributed by atoms with Gasteiger partial charge < -0.3 is 9.52 Å². The summed E-state index contributed by atoms with van der Waals surface area (Å²) < 4.78 is 5.05. The fourth-order valence-corrected chi connectivity index (χ4v) is 1.97. The summed E-state index contributed by atoms with van der Waals surface area (Å²) in [7, 11) is 0. The molecule has 2 rings (SSSR count). The van der Waals surface area contributed by atoms with E-state index < -0.39 is 10.9 Å². The standard InChI is InChI=1S/C9H6N4O5S/c1-4-11-12-9(18-4)19-7-6(13(16)17)3-2-5(10-7)8(14)15/h2-3H,1H3,(H,14,15). The lowest BCUT2D eigenvalue weighted by molar-refractivity contribution is -0.388. The van der Waals surface area contributed by atoms with Gasteiger partial charge >= 0.3 is 11.7 Å². The van der Waals surface area contributed by atoms with E-state index in [1.807, 2.05) is 0 Å². The Kier molecular flexibility index (Phi) is 3.42. The minimum Gasteiger partial charge on any atom is -0.477 e. The Bertz CT molecular complexity index is 656. The lowest BCUT2D eigenvalue weighted by Crippen LogP contribution is -2.03. The van der Waals surface area contributed by atoms with E-state index in [0.29, 0.717) is 5.89 Å². The summed E-state index contributed by atoms with van der Waals surface area (Å²) in [5.41, 5.74) is -0.629. The molecule has 0 saturated carbocycles. The first-order chi connectivity index (χ1) is 8.97. The number of carboxylic acid groups (broad SMARTS) is 1. The Morgan fingerprint density at radius 1 is 1.47 bits per heavy atom. The fraction of sp³-hybridized carbons (Fsp3) is 0.111. The number of hydrogen-bond donors (Lipinski definition) is 1. The topological polar surface area (TPSA) is 132 Å². The molecule has 2 aromatic heterocycles. The maximum absolute atomic E-state index is 10.8. The van der Waals surface area contributed by atoms with Gasteiger partial charge in [-0.1, -0.05) is 0 Å². The zero-order valence-corrected chi connectivity index (χ0v) is 10.2. The van der Waals surface area contributed by atoms with Crippen LogP contribution in [0.5, 0.6) is 0 Å². The van der Waals surface area contributed by atoms with Crippen LogP contribution in [0.3, 0.4) is 0 Å². The smallest absolute Gasteiger partial charge is 0.354 e. The van der Waals surface area contributed by atoms with Gasteiger partial charge in [-0.15, -0.1) is 10.2 Å². The Morgan fingerprint density at radius 3 is 2.74 bits per heavy atom. The Hall–Kier alpha value is -2.49. The van der Waals surface area contributed by atoms with Gasteiger partial charge in [-0.2, -0.15) is 0 Å². The van der Waals surface area contributed by atoms with Crippen LogP contribution in [0.15, 0.2) is 26.8 Å². The molecular weight excluding hydrogens is 276 g/mol. The fourth-order valence-electron chi connectivity index (χ4n) is 1.17. The molecule has 0 atom stereocenters. The van der Waals surface area contributed by atoms with Gasteiger partial charge in [-0.25, -0.2) is 9.78 Å². The second-order valence-electron chi connectivity index (χ2n) is 3.27. The summed E-state index contributed by atoms with van der Waals surface area (Å²) >= 11 is 0.739. The minimum absolute atomic E-state index is 0.0515. The van der Waals surface area contributed by atoms with Gasteiger partial charge in [0.1, 0.15) is 5.69 Å². The Labute approximate surface area is 109 Å². The van der Waals surface area contributed by atoms with Gasteiger partial charge in [0.2, 0.25) is 5.89 Å². The number of pyridine rings is 1. The van der Waals surface area contributed by atoms with Crippen molar-refractivity contribution in [2.45, 2.75) is 17.2 Å². The lowest BCUT2D eigenvalue weighted by Gasteiger charge is -2.00. The molecule has 98 valence electrons. The number of rotatable bonds is 4. The molecule has 0 unspecified atom stereocenters. The summed E-state index contributed by atoms with van der Waals surface area (Å²) in [5.74, 6) is -0.988. The van der Waals surface area contributed by atoms with Crippen molar-refractivity contribution in [1.29, 1.82) is 0 Å². The third-order valence-corrected chi connectivity index (χ3v) is 2.78. The average Bonchev–Trinajstić information content (AvgIpc) is 2.74. The van der Waals surface area contributed by atoms with Crippen LogP contribution >= 0.6 is 11.8 Å². The number of carboxylic acids is 1. The largest absolute Gasteiger partial charge is 0.477 e. The first-order valence-corrected chi connectivity index (χ1v) is 5.65. The maximum atomic E-state index is 10.8. The Balaban J connectivity index is 2.42. The molecule has 0 aromatic carbocycles. The number of carbonyl (C=O) groups is 1. The van der Waals surface area contributed by atoms with Crippen molar-refractivity contribution in [2.75, 3.05) is 0 Å². The van der Waals surface area contributed by atoms with Crippen molar-refractivity contribution < 1.29 is 19.2 Å². The van der Waals surface area contributed by atoms with Crippen LogP contribution < -0.4 is 0 Å². The molecule has 19 heavy (non-hydrogen) atoms. The van der Waals surface area contributed by atoms with E-state index in [9.17, 15) is 14.9 Å². The first-order valence-electron chi connectivity index (χ1n) is 4.84. The van der Waals surface area contributed by atoms with Gasteiger partial charge in [0, 0.05) is 13.0 Å². The van der Waals surface area contributed by atoms with E-state index in [1.165, 1.54) is 0 Å². The van der Waals surface area contributed by atoms with Gasteiger partial charge in [-0.3, -0.25) is 10.1 Å². The van der Waals surface area contributed by atoms with Crippen LogP contribution in [0.25, 0.3) is 0 Å². The molecule has 0 radical (unpaired) electrons. The molecule has 0 aliphatic heterocycles. The molecule has 0 fully saturated rings. The summed E-state index contributed by atoms with van der Waals surface area (Å²) in [6, 6.07) is 2.13. The van der Waals surface area contributed by atoms with Crippen LogP contribution in [0.1, 0.15) is 16.4 Å². The molecule has 0 saturated heterocycles. The molecule has 0 amide bonds. The highest BCUT2D eigenvalue weighted by Crippen LogP contribution is 2.32. The highest BCUT2D eigenvalue weighted by molar-refractivity contribution is 7.99. The van der Waals surface area contributed by atoms with E-state index in [2.05, 4.69) is 15.2 Å². The van der Waals surface area contributed by atoms with E-state index in [-0.39, 0.29) is 21.6 Å². The van der Waals surface area contributed by atoms with Crippen LogP contribution in [-0.4, -0.2) is 31.2 Å². The predicted octanol–water partition coefficient (Wildman–Crippen LogP) is 1.53. The molecular formula is C9H6N4O5S. The van der Waals surface area contributed by atoms with Crippen molar-refractivity contribution >= 4 is 23.4 Å². The molecule has 2 heterocycles. The first kappa shape index (κ1) is 13.0. The molecule has 0 aliphatic carbocycles. The lowest BCUT2D eigenvalue weighted by atomic mass is 10.3. The highest BCUT2D eigenvalue weighted by Gasteiger charge is 2.21. The van der Waals surface area contributed by atoms with Gasteiger partial charge in [0.25, 0.3) is 5.22 Å². The number of aryl methyl sites for hydroxylation is 1. The molecule has 2 aromatic rings. The van der Waals surface area contributed by atoms with Crippen LogP contribution in [0.4, 0.5) is 5.69 Å². The molecule has 1 N–H and O–H groups in total. The van der Waals surface area contributed by atoms with Gasteiger partial charge in [0.15, 0.2) is 5.03 Å². The second-order valence-corrected chi connectivity index (χ2v) is 4.21. The van der Waals surface area contributed by atoms with Crippen LogP contribution in [0.2, 0.25) is 0 Å². The quantitative estimate of drug-likeness (QED) is 0.654. The van der Waals surface area contributed by atoms with E-state index in [1.54, 1.807) is 6.92 Å².